The largest absolute Gasteiger partial charge is 0.496 e. The van der Waals surface area contributed by atoms with Gasteiger partial charge in [0.1, 0.15) is 12.0 Å². The van der Waals surface area contributed by atoms with Gasteiger partial charge in [0.2, 0.25) is 0 Å². The lowest BCUT2D eigenvalue weighted by Gasteiger charge is -2.23. The molecule has 0 amide bonds. The summed E-state index contributed by atoms with van der Waals surface area (Å²) in [4.78, 5) is 11.8. The predicted molar refractivity (Wildman–Crippen MR) is 66.8 cm³/mol. The SMILES string of the molecule is COc1ccc(C=O)cc1CN(CCO)CC(F)(F)F. The Bertz CT molecular complexity index is 449. The number of hydrogen-bond acceptors (Lipinski definition) is 4. The molecule has 7 heteroatoms. The molecule has 0 heterocycles. The fourth-order valence-electron chi connectivity index (χ4n) is 1.85. The molecule has 0 aliphatic carbocycles. The van der Waals surface area contributed by atoms with Gasteiger partial charge in [0.15, 0.2) is 0 Å². The second-order valence-electron chi connectivity index (χ2n) is 4.24. The molecule has 112 valence electrons. The molecule has 0 radical (unpaired) electrons. The van der Waals surface area contributed by atoms with Crippen molar-refractivity contribution in [3.05, 3.63) is 29.3 Å². The van der Waals surface area contributed by atoms with Crippen LogP contribution in [0, 0.1) is 0 Å². The minimum absolute atomic E-state index is 0.0646. The van der Waals surface area contributed by atoms with E-state index in [9.17, 15) is 18.0 Å². The second-order valence-corrected chi connectivity index (χ2v) is 4.24. The van der Waals surface area contributed by atoms with E-state index in [2.05, 4.69) is 0 Å². The number of benzene rings is 1. The molecule has 0 unspecified atom stereocenters. The van der Waals surface area contributed by atoms with Gasteiger partial charge in [-0.05, 0) is 18.2 Å². The maximum atomic E-state index is 12.4. The molecular weight excluding hydrogens is 275 g/mol. The van der Waals surface area contributed by atoms with E-state index in [1.54, 1.807) is 0 Å². The van der Waals surface area contributed by atoms with Crippen LogP contribution in [0.15, 0.2) is 18.2 Å². The topological polar surface area (TPSA) is 49.8 Å². The van der Waals surface area contributed by atoms with E-state index >= 15 is 0 Å². The zero-order chi connectivity index (χ0) is 15.2. The number of hydrogen-bond donors (Lipinski definition) is 1. The molecule has 0 bridgehead atoms. The van der Waals surface area contributed by atoms with Gasteiger partial charge in [-0.25, -0.2) is 0 Å². The van der Waals surface area contributed by atoms with Gasteiger partial charge in [-0.2, -0.15) is 13.2 Å². The van der Waals surface area contributed by atoms with E-state index in [4.69, 9.17) is 9.84 Å². The monoisotopic (exact) mass is 291 g/mol. The summed E-state index contributed by atoms with van der Waals surface area (Å²) in [5.41, 5.74) is 0.826. The molecule has 4 nitrogen and oxygen atoms in total. The number of ether oxygens (including phenoxy) is 1. The number of rotatable bonds is 7. The summed E-state index contributed by atoms with van der Waals surface area (Å²) in [5, 5.41) is 8.84. The first-order valence-corrected chi connectivity index (χ1v) is 5.91. The Labute approximate surface area is 114 Å². The van der Waals surface area contributed by atoms with Crippen molar-refractivity contribution in [2.24, 2.45) is 0 Å². The second kappa shape index (κ2) is 7.25. The van der Waals surface area contributed by atoms with E-state index in [0.29, 0.717) is 23.2 Å². The van der Waals surface area contributed by atoms with Gasteiger partial charge >= 0.3 is 6.18 Å². The lowest BCUT2D eigenvalue weighted by molar-refractivity contribution is -0.148. The first-order valence-electron chi connectivity index (χ1n) is 5.91. The third-order valence-electron chi connectivity index (χ3n) is 2.65. The van der Waals surface area contributed by atoms with Crippen LogP contribution in [-0.2, 0) is 6.54 Å². The maximum Gasteiger partial charge on any atom is 0.401 e. The lowest BCUT2D eigenvalue weighted by Crippen LogP contribution is -2.35. The highest BCUT2D eigenvalue weighted by Gasteiger charge is 2.30. The Morgan fingerprint density at radius 1 is 1.40 bits per heavy atom. The van der Waals surface area contributed by atoms with Crippen LogP contribution in [0.4, 0.5) is 13.2 Å². The first kappa shape index (κ1) is 16.5. The number of aliphatic hydroxyl groups excluding tert-OH is 1. The molecule has 0 saturated carbocycles. The molecule has 20 heavy (non-hydrogen) atoms. The Kier molecular flexibility index (Phi) is 5.97. The number of aliphatic hydroxyl groups is 1. The molecule has 1 aromatic rings. The number of carbonyl (C=O) groups excluding carboxylic acids is 1. The first-order chi connectivity index (χ1) is 9.39. The molecule has 1 aromatic carbocycles. The van der Waals surface area contributed by atoms with Crippen LogP contribution in [-0.4, -0.2) is 49.3 Å². The molecule has 0 saturated heterocycles. The van der Waals surface area contributed by atoms with Crippen LogP contribution in [0.3, 0.4) is 0 Å². The molecular formula is C13H16F3NO3. The van der Waals surface area contributed by atoms with Crippen molar-refractivity contribution in [1.82, 2.24) is 4.90 Å². The van der Waals surface area contributed by atoms with Crippen LogP contribution in [0.2, 0.25) is 0 Å². The summed E-state index contributed by atoms with van der Waals surface area (Å²) in [6.07, 6.45) is -3.74. The third-order valence-corrected chi connectivity index (χ3v) is 2.65. The highest BCUT2D eigenvalue weighted by molar-refractivity contribution is 5.75. The van der Waals surface area contributed by atoms with Crippen LogP contribution < -0.4 is 4.74 Å². The van der Waals surface area contributed by atoms with Crippen LogP contribution in [0.5, 0.6) is 5.75 Å². The number of aldehydes is 1. The quantitative estimate of drug-likeness (QED) is 0.779. The lowest BCUT2D eigenvalue weighted by atomic mass is 10.1. The van der Waals surface area contributed by atoms with E-state index in [-0.39, 0.29) is 19.7 Å². The molecule has 0 aromatic heterocycles. The van der Waals surface area contributed by atoms with E-state index in [0.717, 1.165) is 4.90 Å². The number of halogens is 3. The van der Waals surface area contributed by atoms with Crippen molar-refractivity contribution in [1.29, 1.82) is 0 Å². The van der Waals surface area contributed by atoms with Gasteiger partial charge in [-0.3, -0.25) is 9.69 Å². The van der Waals surface area contributed by atoms with Gasteiger partial charge in [0, 0.05) is 24.2 Å². The Hall–Kier alpha value is -1.60. The Balaban J connectivity index is 2.93. The van der Waals surface area contributed by atoms with Gasteiger partial charge in [0.05, 0.1) is 20.3 Å². The van der Waals surface area contributed by atoms with Crippen LogP contribution in [0.25, 0.3) is 0 Å². The zero-order valence-corrected chi connectivity index (χ0v) is 11.0. The zero-order valence-electron chi connectivity index (χ0n) is 11.0. The Morgan fingerprint density at radius 3 is 2.60 bits per heavy atom. The third kappa shape index (κ3) is 5.18. The van der Waals surface area contributed by atoms with Gasteiger partial charge in [-0.1, -0.05) is 0 Å². The minimum atomic E-state index is -4.36. The summed E-state index contributed by atoms with van der Waals surface area (Å²) in [6, 6.07) is 4.53. The summed E-state index contributed by atoms with van der Waals surface area (Å²) in [5.74, 6) is 0.403. The van der Waals surface area contributed by atoms with E-state index in [1.165, 1.54) is 25.3 Å². The summed E-state index contributed by atoms with van der Waals surface area (Å²) >= 11 is 0. The molecule has 0 atom stereocenters. The van der Waals surface area contributed by atoms with Crippen LogP contribution in [0.1, 0.15) is 15.9 Å². The highest BCUT2D eigenvalue weighted by Crippen LogP contribution is 2.23. The van der Waals surface area contributed by atoms with Crippen molar-refractivity contribution >= 4 is 6.29 Å². The summed E-state index contributed by atoms with van der Waals surface area (Å²) in [7, 11) is 1.40. The molecule has 1 N–H and O–H groups in total. The molecule has 0 fully saturated rings. The van der Waals surface area contributed by atoms with Crippen LogP contribution >= 0.6 is 0 Å². The number of nitrogens with zero attached hydrogens (tertiary/aromatic N) is 1. The van der Waals surface area contributed by atoms with Crippen molar-refractivity contribution in [2.45, 2.75) is 12.7 Å². The maximum absolute atomic E-state index is 12.4. The highest BCUT2D eigenvalue weighted by atomic mass is 19.4. The number of alkyl halides is 3. The number of methoxy groups -OCH3 is 1. The standard InChI is InChI=1S/C13H16F3NO3/c1-20-12-3-2-10(8-19)6-11(12)7-17(4-5-18)9-13(14,15)16/h2-3,6,8,18H,4-5,7,9H2,1H3. The summed E-state index contributed by atoms with van der Waals surface area (Å²) < 4.78 is 42.4. The molecule has 0 spiro atoms. The van der Waals surface area contributed by atoms with Crippen molar-refractivity contribution in [3.8, 4) is 5.75 Å². The van der Waals surface area contributed by atoms with E-state index in [1.807, 2.05) is 0 Å². The number of carbonyl (C=O) groups is 1. The van der Waals surface area contributed by atoms with Gasteiger partial charge in [-0.15, -0.1) is 0 Å². The fraction of sp³-hybridized carbons (Fsp3) is 0.462. The smallest absolute Gasteiger partial charge is 0.401 e. The van der Waals surface area contributed by atoms with Gasteiger partial charge in [0.25, 0.3) is 0 Å². The normalized spacial score (nSPS) is 11.7. The molecule has 0 aliphatic rings. The van der Waals surface area contributed by atoms with Crippen molar-refractivity contribution in [3.63, 3.8) is 0 Å². The Morgan fingerprint density at radius 2 is 2.10 bits per heavy atom. The molecule has 1 rings (SSSR count). The van der Waals surface area contributed by atoms with Crippen molar-refractivity contribution < 1.29 is 27.8 Å². The summed E-state index contributed by atoms with van der Waals surface area (Å²) in [6.45, 7) is -1.70. The average Bonchev–Trinajstić information content (AvgIpc) is 2.37. The van der Waals surface area contributed by atoms with Gasteiger partial charge < -0.3 is 9.84 Å². The van der Waals surface area contributed by atoms with E-state index < -0.39 is 12.7 Å². The van der Waals surface area contributed by atoms with Crippen molar-refractivity contribution in [2.75, 3.05) is 26.8 Å². The average molecular weight is 291 g/mol. The molecule has 0 aliphatic heterocycles. The minimum Gasteiger partial charge on any atom is -0.496 e. The predicted octanol–water partition coefficient (Wildman–Crippen LogP) is 1.86. The fourth-order valence-corrected chi connectivity index (χ4v) is 1.85.